The standard InChI is InChI=1S/C19H22N2O3/c22-18-8-4-7-17-16-9-15(11-21(17)18)10-20(12-16)19(23)24-13-14-5-2-1-3-6-14/h1-6,8,15-17H,7,9-13H2/t15-,16+,17+/m0/s1. The smallest absolute Gasteiger partial charge is 0.410 e. The van der Waals surface area contributed by atoms with Crippen LogP contribution in [-0.4, -0.2) is 47.5 Å². The van der Waals surface area contributed by atoms with Crippen LogP contribution < -0.4 is 0 Å². The lowest BCUT2D eigenvalue weighted by Gasteiger charge is -2.51. The van der Waals surface area contributed by atoms with Crippen LogP contribution in [0.5, 0.6) is 0 Å². The lowest BCUT2D eigenvalue weighted by Crippen LogP contribution is -2.60. The maximum Gasteiger partial charge on any atom is 0.410 e. The van der Waals surface area contributed by atoms with E-state index in [4.69, 9.17) is 4.74 Å². The van der Waals surface area contributed by atoms with Gasteiger partial charge < -0.3 is 14.5 Å². The topological polar surface area (TPSA) is 49.9 Å². The van der Waals surface area contributed by atoms with Gasteiger partial charge >= 0.3 is 6.09 Å². The number of fused-ring (bicyclic) bond motifs is 4. The first-order valence-electron chi connectivity index (χ1n) is 8.63. The van der Waals surface area contributed by atoms with E-state index in [1.807, 2.05) is 46.2 Å². The van der Waals surface area contributed by atoms with Gasteiger partial charge in [-0.2, -0.15) is 0 Å². The van der Waals surface area contributed by atoms with Crippen LogP contribution >= 0.6 is 0 Å². The van der Waals surface area contributed by atoms with Crippen molar-refractivity contribution in [3.63, 3.8) is 0 Å². The first-order valence-corrected chi connectivity index (χ1v) is 8.63. The number of benzene rings is 1. The molecule has 0 aliphatic carbocycles. The monoisotopic (exact) mass is 326 g/mol. The lowest BCUT2D eigenvalue weighted by atomic mass is 9.77. The zero-order chi connectivity index (χ0) is 16.5. The molecule has 5 heteroatoms. The highest BCUT2D eigenvalue weighted by Crippen LogP contribution is 2.36. The second-order valence-electron chi connectivity index (χ2n) is 7.00. The SMILES string of the molecule is O=C(OCc1ccccc1)N1C[C@@H]2C[C@H](C1)[C@H]1CC=CC(=O)N1C2. The van der Waals surface area contributed by atoms with E-state index >= 15 is 0 Å². The minimum absolute atomic E-state index is 0.126. The first-order chi connectivity index (χ1) is 11.7. The number of likely N-dealkylation sites (tertiary alicyclic amines) is 1. The summed E-state index contributed by atoms with van der Waals surface area (Å²) in [6, 6.07) is 9.98. The van der Waals surface area contributed by atoms with Crippen molar-refractivity contribution in [2.75, 3.05) is 19.6 Å². The highest BCUT2D eigenvalue weighted by atomic mass is 16.6. The van der Waals surface area contributed by atoms with Gasteiger partial charge in [0.2, 0.25) is 5.91 Å². The molecule has 0 radical (unpaired) electrons. The fourth-order valence-corrected chi connectivity index (χ4v) is 4.26. The van der Waals surface area contributed by atoms with Gasteiger partial charge in [-0.1, -0.05) is 36.4 Å². The number of hydrogen-bond donors (Lipinski definition) is 0. The van der Waals surface area contributed by atoms with Gasteiger partial charge in [0.15, 0.2) is 0 Å². The average Bonchev–Trinajstić information content (AvgIpc) is 2.61. The zero-order valence-electron chi connectivity index (χ0n) is 13.6. The van der Waals surface area contributed by atoms with Crippen molar-refractivity contribution in [3.8, 4) is 0 Å². The molecule has 126 valence electrons. The van der Waals surface area contributed by atoms with Gasteiger partial charge in [-0.25, -0.2) is 4.79 Å². The van der Waals surface area contributed by atoms with Crippen LogP contribution in [0.2, 0.25) is 0 Å². The molecule has 1 aromatic carbocycles. The molecule has 0 N–H and O–H groups in total. The van der Waals surface area contributed by atoms with Crippen molar-refractivity contribution < 1.29 is 14.3 Å². The predicted octanol–water partition coefficient (Wildman–Crippen LogP) is 2.43. The minimum Gasteiger partial charge on any atom is -0.445 e. The Morgan fingerprint density at radius 3 is 2.83 bits per heavy atom. The van der Waals surface area contributed by atoms with Crippen molar-refractivity contribution in [2.24, 2.45) is 11.8 Å². The summed E-state index contributed by atoms with van der Waals surface area (Å²) < 4.78 is 5.48. The van der Waals surface area contributed by atoms with Crippen molar-refractivity contribution in [1.29, 1.82) is 0 Å². The van der Waals surface area contributed by atoms with Crippen LogP contribution in [0.25, 0.3) is 0 Å². The van der Waals surface area contributed by atoms with Crippen molar-refractivity contribution >= 4 is 12.0 Å². The summed E-state index contributed by atoms with van der Waals surface area (Å²) >= 11 is 0. The summed E-state index contributed by atoms with van der Waals surface area (Å²) in [6.45, 7) is 2.44. The van der Waals surface area contributed by atoms with Crippen molar-refractivity contribution in [1.82, 2.24) is 9.80 Å². The van der Waals surface area contributed by atoms with Crippen LogP contribution in [0.3, 0.4) is 0 Å². The molecule has 3 aliphatic rings. The van der Waals surface area contributed by atoms with E-state index in [2.05, 4.69) is 0 Å². The third kappa shape index (κ3) is 2.90. The van der Waals surface area contributed by atoms with E-state index in [1.54, 1.807) is 6.08 Å². The molecule has 0 saturated carbocycles. The summed E-state index contributed by atoms with van der Waals surface area (Å²) in [5.41, 5.74) is 0.997. The van der Waals surface area contributed by atoms with E-state index in [1.165, 1.54) is 0 Å². The molecule has 0 aromatic heterocycles. The van der Waals surface area contributed by atoms with Gasteiger partial charge in [-0.05, 0) is 36.3 Å². The molecule has 2 bridgehead atoms. The van der Waals surface area contributed by atoms with Gasteiger partial charge in [0.05, 0.1) is 0 Å². The Bertz CT molecular complexity index is 658. The Morgan fingerprint density at radius 1 is 1.17 bits per heavy atom. The van der Waals surface area contributed by atoms with Crippen LogP contribution in [0.4, 0.5) is 4.79 Å². The predicted molar refractivity (Wildman–Crippen MR) is 89.1 cm³/mol. The molecule has 5 nitrogen and oxygen atoms in total. The minimum atomic E-state index is -0.236. The number of hydrogen-bond acceptors (Lipinski definition) is 3. The Kier molecular flexibility index (Phi) is 4.00. The highest BCUT2D eigenvalue weighted by molar-refractivity contribution is 5.88. The van der Waals surface area contributed by atoms with E-state index in [9.17, 15) is 9.59 Å². The normalized spacial score (nSPS) is 28.5. The Hall–Kier alpha value is -2.30. The second kappa shape index (κ2) is 6.30. The number of carbonyl (C=O) groups is 2. The number of carbonyl (C=O) groups excluding carboxylic acids is 2. The summed E-state index contributed by atoms with van der Waals surface area (Å²) in [5.74, 6) is 0.844. The van der Waals surface area contributed by atoms with Gasteiger partial charge in [-0.3, -0.25) is 4.79 Å². The van der Waals surface area contributed by atoms with Crippen molar-refractivity contribution in [2.45, 2.75) is 25.5 Å². The van der Waals surface area contributed by atoms with E-state index in [0.29, 0.717) is 31.5 Å². The molecule has 2 fully saturated rings. The van der Waals surface area contributed by atoms with Gasteiger partial charge in [0.25, 0.3) is 0 Å². The van der Waals surface area contributed by atoms with Gasteiger partial charge in [0, 0.05) is 25.7 Å². The number of piperidine rings is 2. The fourth-order valence-electron chi connectivity index (χ4n) is 4.26. The van der Waals surface area contributed by atoms with Crippen LogP contribution in [0.15, 0.2) is 42.5 Å². The maximum atomic E-state index is 12.4. The van der Waals surface area contributed by atoms with Crippen LogP contribution in [0, 0.1) is 11.8 Å². The molecular formula is C19H22N2O3. The third-order valence-corrected chi connectivity index (χ3v) is 5.35. The summed E-state index contributed by atoms with van der Waals surface area (Å²) in [6.07, 6.45) is 5.42. The van der Waals surface area contributed by atoms with E-state index < -0.39 is 0 Å². The number of rotatable bonds is 2. The summed E-state index contributed by atoms with van der Waals surface area (Å²) in [5, 5.41) is 0. The summed E-state index contributed by atoms with van der Waals surface area (Å²) in [7, 11) is 0. The summed E-state index contributed by atoms with van der Waals surface area (Å²) in [4.78, 5) is 28.3. The number of nitrogens with zero attached hydrogens (tertiary/aromatic N) is 2. The fraction of sp³-hybridized carbons (Fsp3) is 0.474. The molecule has 3 atom stereocenters. The van der Waals surface area contributed by atoms with Crippen LogP contribution in [0.1, 0.15) is 18.4 Å². The molecule has 24 heavy (non-hydrogen) atoms. The molecule has 4 rings (SSSR count). The molecule has 1 aromatic rings. The average molecular weight is 326 g/mol. The zero-order valence-corrected chi connectivity index (χ0v) is 13.6. The first kappa shape index (κ1) is 15.2. The van der Waals surface area contributed by atoms with Gasteiger partial charge in [0.1, 0.15) is 6.61 Å². The molecule has 3 heterocycles. The molecule has 0 spiro atoms. The van der Waals surface area contributed by atoms with Crippen LogP contribution in [-0.2, 0) is 16.1 Å². The maximum absolute atomic E-state index is 12.4. The van der Waals surface area contributed by atoms with E-state index in [-0.39, 0.29) is 18.0 Å². The number of ether oxygens (including phenoxy) is 1. The lowest BCUT2D eigenvalue weighted by molar-refractivity contribution is -0.135. The quantitative estimate of drug-likeness (QED) is 0.839. The largest absolute Gasteiger partial charge is 0.445 e. The molecular weight excluding hydrogens is 304 g/mol. The molecule has 0 unspecified atom stereocenters. The molecule has 2 amide bonds. The molecule has 3 aliphatic heterocycles. The van der Waals surface area contributed by atoms with Gasteiger partial charge in [-0.15, -0.1) is 0 Å². The van der Waals surface area contributed by atoms with E-state index in [0.717, 1.165) is 24.9 Å². The Balaban J connectivity index is 1.39. The molecule has 2 saturated heterocycles. The Labute approximate surface area is 141 Å². The van der Waals surface area contributed by atoms with Crippen molar-refractivity contribution in [3.05, 3.63) is 48.0 Å². The Morgan fingerprint density at radius 2 is 2.00 bits per heavy atom. The second-order valence-corrected chi connectivity index (χ2v) is 7.00. The number of amides is 2. The third-order valence-electron chi connectivity index (χ3n) is 5.35. The highest BCUT2D eigenvalue weighted by Gasteiger charge is 2.44.